The molecule has 2 aromatic carbocycles. The third-order valence-corrected chi connectivity index (χ3v) is 5.00. The Morgan fingerprint density at radius 1 is 0.964 bits per heavy atom. The third kappa shape index (κ3) is 4.28. The average Bonchev–Trinajstić information content (AvgIpc) is 2.93. The molecular weight excluding hydrogens is 354 g/mol. The molecule has 146 valence electrons. The minimum Gasteiger partial charge on any atom is -0.326 e. The number of rotatable bonds is 8. The number of aryl methyl sites for hydroxylation is 1. The molecule has 0 aromatic heterocycles. The molecule has 2 N–H and O–H groups in total. The molecule has 0 bridgehead atoms. The largest absolute Gasteiger partial charge is 0.326 e. The van der Waals surface area contributed by atoms with E-state index >= 15 is 0 Å². The van der Waals surface area contributed by atoms with Gasteiger partial charge in [-0.25, -0.2) is 0 Å². The van der Waals surface area contributed by atoms with E-state index in [1.807, 2.05) is 31.2 Å². The molecule has 3 amide bonds. The highest BCUT2D eigenvalue weighted by Gasteiger charge is 2.35. The predicted molar refractivity (Wildman–Crippen MR) is 107 cm³/mol. The molecule has 1 unspecified atom stereocenters. The first kappa shape index (κ1) is 19.8. The van der Waals surface area contributed by atoms with E-state index in [2.05, 4.69) is 12.2 Å². The highest BCUT2D eigenvalue weighted by atomic mass is 16.2. The minimum atomic E-state index is -0.249. The number of hydrogen-bond acceptors (Lipinski definition) is 3. The number of carbonyl (C=O) groups is 3. The summed E-state index contributed by atoms with van der Waals surface area (Å²) in [7, 11) is 0. The molecule has 3 rings (SSSR count). The third-order valence-electron chi connectivity index (χ3n) is 5.00. The zero-order chi connectivity index (χ0) is 20.1. The molecule has 6 nitrogen and oxygen atoms in total. The Morgan fingerprint density at radius 2 is 1.57 bits per heavy atom. The van der Waals surface area contributed by atoms with Gasteiger partial charge < -0.3 is 10.2 Å². The van der Waals surface area contributed by atoms with Crippen LogP contribution in [0.25, 0.3) is 0 Å². The Labute approximate surface area is 165 Å². The highest BCUT2D eigenvalue weighted by molar-refractivity contribution is 6.21. The standard InChI is InChI=1S/C22H25N3O3/c1-3-12-24(15-20(26)23-19-11-7-4-8-16(19)2)13-14-25-21(27)17-9-5-6-10-18(17)22(25)28/h4-11H,3,12-15H2,1-2H3,(H,23,26)/p+1. The van der Waals surface area contributed by atoms with Gasteiger partial charge in [0.25, 0.3) is 17.7 Å². The van der Waals surface area contributed by atoms with Gasteiger partial charge in [-0.2, -0.15) is 0 Å². The van der Waals surface area contributed by atoms with Crippen molar-refractivity contribution in [3.63, 3.8) is 0 Å². The first-order valence-electron chi connectivity index (χ1n) is 9.65. The highest BCUT2D eigenvalue weighted by Crippen LogP contribution is 2.21. The number of quaternary nitrogens is 1. The fraction of sp³-hybridized carbons (Fsp3) is 0.318. The number of carbonyl (C=O) groups excluding carboxylic acids is 3. The summed E-state index contributed by atoms with van der Waals surface area (Å²) in [5.41, 5.74) is 2.74. The van der Waals surface area contributed by atoms with Crippen LogP contribution >= 0.6 is 0 Å². The van der Waals surface area contributed by atoms with E-state index in [9.17, 15) is 14.4 Å². The Hall–Kier alpha value is -2.99. The van der Waals surface area contributed by atoms with Crippen LogP contribution in [0.2, 0.25) is 0 Å². The fourth-order valence-corrected chi connectivity index (χ4v) is 3.50. The number of imide groups is 1. The second-order valence-corrected chi connectivity index (χ2v) is 7.10. The number of amides is 3. The molecule has 2 aromatic rings. The van der Waals surface area contributed by atoms with Crippen molar-refractivity contribution < 1.29 is 19.3 Å². The van der Waals surface area contributed by atoms with Crippen molar-refractivity contribution in [3.05, 3.63) is 65.2 Å². The number of para-hydroxylation sites is 1. The van der Waals surface area contributed by atoms with E-state index in [-0.39, 0.29) is 17.7 Å². The van der Waals surface area contributed by atoms with Crippen LogP contribution in [0.4, 0.5) is 5.69 Å². The molecular formula is C22H26N3O3+. The van der Waals surface area contributed by atoms with E-state index in [1.165, 1.54) is 4.90 Å². The monoisotopic (exact) mass is 380 g/mol. The van der Waals surface area contributed by atoms with Crippen molar-refractivity contribution >= 4 is 23.4 Å². The lowest BCUT2D eigenvalue weighted by Gasteiger charge is -2.21. The maximum Gasteiger partial charge on any atom is 0.279 e. The molecule has 0 saturated heterocycles. The van der Waals surface area contributed by atoms with Crippen LogP contribution in [0.3, 0.4) is 0 Å². The number of benzene rings is 2. The van der Waals surface area contributed by atoms with Gasteiger partial charge >= 0.3 is 0 Å². The van der Waals surface area contributed by atoms with Gasteiger partial charge in [0.05, 0.1) is 30.8 Å². The van der Waals surface area contributed by atoms with E-state index in [4.69, 9.17) is 0 Å². The van der Waals surface area contributed by atoms with Gasteiger partial charge in [-0.1, -0.05) is 37.3 Å². The smallest absolute Gasteiger partial charge is 0.279 e. The van der Waals surface area contributed by atoms with Gasteiger partial charge in [0.15, 0.2) is 6.54 Å². The Morgan fingerprint density at radius 3 is 2.18 bits per heavy atom. The normalized spacial score (nSPS) is 14.1. The Bertz CT molecular complexity index is 859. The molecule has 1 atom stereocenters. The van der Waals surface area contributed by atoms with Crippen LogP contribution < -0.4 is 10.2 Å². The Balaban J connectivity index is 1.59. The summed E-state index contributed by atoms with van der Waals surface area (Å²) in [5.74, 6) is -0.568. The maximum atomic E-state index is 12.5. The number of fused-ring (bicyclic) bond motifs is 1. The fourth-order valence-electron chi connectivity index (χ4n) is 3.50. The molecule has 0 spiro atoms. The zero-order valence-electron chi connectivity index (χ0n) is 16.3. The molecule has 0 radical (unpaired) electrons. The van der Waals surface area contributed by atoms with Crippen LogP contribution in [0.5, 0.6) is 0 Å². The van der Waals surface area contributed by atoms with Crippen LogP contribution in [0.15, 0.2) is 48.5 Å². The Kier molecular flexibility index (Phi) is 6.21. The van der Waals surface area contributed by atoms with Gasteiger partial charge in [-0.15, -0.1) is 0 Å². The van der Waals surface area contributed by atoms with E-state index < -0.39 is 0 Å². The number of nitrogens with zero attached hydrogens (tertiary/aromatic N) is 1. The predicted octanol–water partition coefficient (Wildman–Crippen LogP) is 1.52. The van der Waals surface area contributed by atoms with Crippen LogP contribution in [0, 0.1) is 6.92 Å². The topological polar surface area (TPSA) is 70.9 Å². The lowest BCUT2D eigenvalue weighted by Crippen LogP contribution is -3.13. The quantitative estimate of drug-likeness (QED) is 0.683. The molecule has 1 heterocycles. The van der Waals surface area contributed by atoms with Gasteiger partial charge in [-0.3, -0.25) is 19.3 Å². The van der Waals surface area contributed by atoms with Gasteiger partial charge in [0.2, 0.25) is 0 Å². The lowest BCUT2D eigenvalue weighted by molar-refractivity contribution is -0.891. The lowest BCUT2D eigenvalue weighted by atomic mass is 10.1. The summed E-state index contributed by atoms with van der Waals surface area (Å²) >= 11 is 0. The van der Waals surface area contributed by atoms with E-state index in [0.29, 0.717) is 30.8 Å². The summed E-state index contributed by atoms with van der Waals surface area (Å²) in [6, 6.07) is 14.5. The van der Waals surface area contributed by atoms with E-state index in [1.54, 1.807) is 24.3 Å². The summed E-state index contributed by atoms with van der Waals surface area (Å²) in [5, 5.41) is 2.95. The molecule has 1 aliphatic heterocycles. The molecule has 0 saturated carbocycles. The van der Waals surface area contributed by atoms with Crippen LogP contribution in [-0.4, -0.2) is 48.8 Å². The summed E-state index contributed by atoms with van der Waals surface area (Å²) in [4.78, 5) is 39.8. The van der Waals surface area contributed by atoms with Crippen molar-refractivity contribution in [1.29, 1.82) is 0 Å². The molecule has 0 fully saturated rings. The summed E-state index contributed by atoms with van der Waals surface area (Å²) in [6.45, 7) is 5.95. The first-order chi connectivity index (χ1) is 13.5. The van der Waals surface area contributed by atoms with Gasteiger partial charge in [0.1, 0.15) is 0 Å². The van der Waals surface area contributed by atoms with E-state index in [0.717, 1.165) is 29.1 Å². The first-order valence-corrected chi connectivity index (χ1v) is 9.65. The van der Waals surface area contributed by atoms with Crippen molar-refractivity contribution in [1.82, 2.24) is 4.90 Å². The number of anilines is 1. The molecule has 1 aliphatic rings. The number of nitrogens with one attached hydrogen (secondary N) is 2. The van der Waals surface area contributed by atoms with Crippen LogP contribution in [-0.2, 0) is 4.79 Å². The summed E-state index contributed by atoms with van der Waals surface area (Å²) in [6.07, 6.45) is 0.912. The van der Waals surface area contributed by atoms with Gasteiger partial charge in [-0.05, 0) is 37.1 Å². The second-order valence-electron chi connectivity index (χ2n) is 7.10. The SMILES string of the molecule is CCC[NH+](CCN1C(=O)c2ccccc2C1=O)CC(=O)Nc1ccccc1C. The van der Waals surface area contributed by atoms with Crippen molar-refractivity contribution in [3.8, 4) is 0 Å². The maximum absolute atomic E-state index is 12.5. The van der Waals surface area contributed by atoms with Gasteiger partial charge in [0, 0.05) is 5.69 Å². The molecule has 28 heavy (non-hydrogen) atoms. The molecule has 6 heteroatoms. The van der Waals surface area contributed by atoms with Crippen molar-refractivity contribution in [2.75, 3.05) is 31.5 Å². The second kappa shape index (κ2) is 8.80. The van der Waals surface area contributed by atoms with Crippen molar-refractivity contribution in [2.24, 2.45) is 0 Å². The zero-order valence-corrected chi connectivity index (χ0v) is 16.3. The molecule has 0 aliphatic carbocycles. The summed E-state index contributed by atoms with van der Waals surface area (Å²) < 4.78 is 0. The van der Waals surface area contributed by atoms with Crippen LogP contribution in [0.1, 0.15) is 39.6 Å². The van der Waals surface area contributed by atoms with Crippen molar-refractivity contribution in [2.45, 2.75) is 20.3 Å². The average molecular weight is 380 g/mol. The minimum absolute atomic E-state index is 0.0693. The number of hydrogen-bond donors (Lipinski definition) is 2.